The van der Waals surface area contributed by atoms with Crippen LogP contribution < -0.4 is 15.4 Å². The number of nitrogens with zero attached hydrogens (tertiary/aromatic N) is 3. The Kier molecular flexibility index (Phi) is 7.28. The van der Waals surface area contributed by atoms with Crippen molar-refractivity contribution in [2.45, 2.75) is 6.92 Å². The summed E-state index contributed by atoms with van der Waals surface area (Å²) >= 11 is 0. The van der Waals surface area contributed by atoms with Gasteiger partial charge < -0.3 is 20.1 Å². The van der Waals surface area contributed by atoms with Crippen LogP contribution in [0.25, 0.3) is 10.9 Å². The van der Waals surface area contributed by atoms with Gasteiger partial charge in [-0.3, -0.25) is 9.78 Å². The number of anilines is 2. The zero-order valence-corrected chi connectivity index (χ0v) is 18.8. The lowest BCUT2D eigenvalue weighted by molar-refractivity contribution is -0.124. The van der Waals surface area contributed by atoms with E-state index < -0.39 is 0 Å². The van der Waals surface area contributed by atoms with Crippen molar-refractivity contribution in [3.8, 4) is 23.3 Å². The number of benzene rings is 2. The molecule has 0 spiro atoms. The van der Waals surface area contributed by atoms with Crippen molar-refractivity contribution in [1.29, 1.82) is 0 Å². The fourth-order valence-electron chi connectivity index (χ4n) is 3.15. The molecular weight excluding hydrogens is 430 g/mol. The monoisotopic (exact) mass is 453 g/mol. The Bertz CT molecular complexity index is 1360. The van der Waals surface area contributed by atoms with E-state index in [1.165, 1.54) is 13.4 Å². The largest absolute Gasteiger partial charge is 0.455 e. The second kappa shape index (κ2) is 10.9. The number of carbonyl (C=O) groups is 1. The number of carbonyl (C=O) groups excluding carboxylic acids is 1. The highest BCUT2D eigenvalue weighted by atomic mass is 16.5. The summed E-state index contributed by atoms with van der Waals surface area (Å²) in [6, 6.07) is 17.0. The zero-order chi connectivity index (χ0) is 23.8. The fourth-order valence-corrected chi connectivity index (χ4v) is 3.15. The Labute approximate surface area is 197 Å². The van der Waals surface area contributed by atoms with Crippen LogP contribution >= 0.6 is 0 Å². The molecule has 4 aromatic rings. The molecular formula is C26H23N5O3. The van der Waals surface area contributed by atoms with Crippen LogP contribution in [0.15, 0.2) is 67.1 Å². The van der Waals surface area contributed by atoms with E-state index in [0.717, 1.165) is 33.6 Å². The molecule has 0 radical (unpaired) electrons. The molecule has 1 amide bonds. The minimum atomic E-state index is -0.206. The molecule has 0 fully saturated rings. The molecule has 8 nitrogen and oxygen atoms in total. The quantitative estimate of drug-likeness (QED) is 0.409. The maximum Gasteiger partial charge on any atom is 0.246 e. The summed E-state index contributed by atoms with van der Waals surface area (Å²) in [7, 11) is 1.47. The van der Waals surface area contributed by atoms with Crippen molar-refractivity contribution in [1.82, 2.24) is 20.3 Å². The van der Waals surface area contributed by atoms with E-state index in [4.69, 9.17) is 9.47 Å². The molecule has 8 heteroatoms. The molecule has 4 rings (SSSR count). The van der Waals surface area contributed by atoms with Crippen LogP contribution in [0, 0.1) is 18.8 Å². The predicted molar refractivity (Wildman–Crippen MR) is 130 cm³/mol. The number of pyridine rings is 1. The third-order valence-corrected chi connectivity index (χ3v) is 4.82. The number of aromatic nitrogens is 3. The number of nitrogens with one attached hydrogen (secondary N) is 2. The molecule has 0 aliphatic heterocycles. The SMILES string of the molecule is COCC(=O)NCC#Cc1ccc2ncnc(Nc3ccc(Oc4cccnc4C)cc3)c2c1. The first kappa shape index (κ1) is 22.7. The van der Waals surface area contributed by atoms with E-state index in [1.54, 1.807) is 6.20 Å². The van der Waals surface area contributed by atoms with E-state index >= 15 is 0 Å². The number of aryl methyl sites for hydroxylation is 1. The minimum absolute atomic E-state index is 0.0141. The Morgan fingerprint density at radius 1 is 1.06 bits per heavy atom. The van der Waals surface area contributed by atoms with Crippen molar-refractivity contribution >= 4 is 28.3 Å². The molecule has 0 aliphatic carbocycles. The number of hydrogen-bond donors (Lipinski definition) is 2. The summed E-state index contributed by atoms with van der Waals surface area (Å²) in [5.74, 6) is 7.88. The number of amides is 1. The van der Waals surface area contributed by atoms with Crippen molar-refractivity contribution < 1.29 is 14.3 Å². The van der Waals surface area contributed by atoms with Gasteiger partial charge in [0.25, 0.3) is 0 Å². The van der Waals surface area contributed by atoms with Crippen LogP contribution in [0.4, 0.5) is 11.5 Å². The van der Waals surface area contributed by atoms with Gasteiger partial charge in [0.15, 0.2) is 0 Å². The number of methoxy groups -OCH3 is 1. The summed E-state index contributed by atoms with van der Waals surface area (Å²) in [4.78, 5) is 24.4. The van der Waals surface area contributed by atoms with Crippen LogP contribution in [0.5, 0.6) is 11.5 Å². The van der Waals surface area contributed by atoms with E-state index in [-0.39, 0.29) is 19.1 Å². The Hall–Kier alpha value is -4.48. The van der Waals surface area contributed by atoms with Gasteiger partial charge >= 0.3 is 0 Å². The average Bonchev–Trinajstić information content (AvgIpc) is 2.85. The lowest BCUT2D eigenvalue weighted by Crippen LogP contribution is -2.27. The molecule has 0 atom stereocenters. The molecule has 2 aromatic heterocycles. The number of hydrogen-bond acceptors (Lipinski definition) is 7. The van der Waals surface area contributed by atoms with E-state index in [9.17, 15) is 4.79 Å². The first-order chi connectivity index (χ1) is 16.6. The van der Waals surface area contributed by atoms with Gasteiger partial charge in [-0.15, -0.1) is 0 Å². The molecule has 0 bridgehead atoms. The summed E-state index contributed by atoms with van der Waals surface area (Å²) in [5.41, 5.74) is 3.27. The second-order valence-corrected chi connectivity index (χ2v) is 7.30. The van der Waals surface area contributed by atoms with Gasteiger partial charge in [0.2, 0.25) is 5.91 Å². The van der Waals surface area contributed by atoms with Gasteiger partial charge in [-0.2, -0.15) is 0 Å². The molecule has 0 unspecified atom stereocenters. The lowest BCUT2D eigenvalue weighted by Gasteiger charge is -2.11. The van der Waals surface area contributed by atoms with Gasteiger partial charge in [-0.25, -0.2) is 9.97 Å². The van der Waals surface area contributed by atoms with Gasteiger partial charge in [0, 0.05) is 29.9 Å². The van der Waals surface area contributed by atoms with E-state index in [2.05, 4.69) is 37.4 Å². The number of fused-ring (bicyclic) bond motifs is 1. The number of ether oxygens (including phenoxy) is 2. The fraction of sp³-hybridized carbons (Fsp3) is 0.154. The lowest BCUT2D eigenvalue weighted by atomic mass is 10.1. The van der Waals surface area contributed by atoms with Gasteiger partial charge in [0.05, 0.1) is 17.8 Å². The van der Waals surface area contributed by atoms with Crippen LogP contribution in [-0.2, 0) is 9.53 Å². The first-order valence-corrected chi connectivity index (χ1v) is 10.6. The second-order valence-electron chi connectivity index (χ2n) is 7.30. The summed E-state index contributed by atoms with van der Waals surface area (Å²) in [5, 5.41) is 6.84. The molecule has 34 heavy (non-hydrogen) atoms. The Balaban J connectivity index is 1.48. The summed E-state index contributed by atoms with van der Waals surface area (Å²) in [6.07, 6.45) is 3.25. The van der Waals surface area contributed by atoms with Crippen molar-refractivity contribution in [2.24, 2.45) is 0 Å². The highest BCUT2D eigenvalue weighted by Gasteiger charge is 2.06. The molecule has 2 N–H and O–H groups in total. The Morgan fingerprint density at radius 3 is 2.71 bits per heavy atom. The van der Waals surface area contributed by atoms with Crippen LogP contribution in [0.3, 0.4) is 0 Å². The first-order valence-electron chi connectivity index (χ1n) is 10.6. The minimum Gasteiger partial charge on any atom is -0.455 e. The van der Waals surface area contributed by atoms with E-state index in [0.29, 0.717) is 11.6 Å². The molecule has 2 heterocycles. The van der Waals surface area contributed by atoms with Crippen molar-refractivity contribution in [3.63, 3.8) is 0 Å². The highest BCUT2D eigenvalue weighted by molar-refractivity contribution is 5.91. The maximum absolute atomic E-state index is 11.4. The predicted octanol–water partition coefficient (Wildman–Crippen LogP) is 3.98. The normalized spacial score (nSPS) is 10.3. The smallest absolute Gasteiger partial charge is 0.246 e. The third kappa shape index (κ3) is 5.85. The average molecular weight is 454 g/mol. The van der Waals surface area contributed by atoms with Gasteiger partial charge in [-0.1, -0.05) is 11.8 Å². The standard InChI is InChI=1S/C26H23N5O3/c1-18-24(6-4-13-27-18)34-21-10-8-20(9-11-21)31-26-22-15-19(7-12-23(22)29-17-30-26)5-3-14-28-25(32)16-33-2/h4,6-13,15,17H,14,16H2,1-2H3,(H,28,32)(H,29,30,31). The molecule has 170 valence electrons. The molecule has 0 saturated heterocycles. The Morgan fingerprint density at radius 2 is 1.91 bits per heavy atom. The maximum atomic E-state index is 11.4. The van der Waals surface area contributed by atoms with Gasteiger partial charge in [0.1, 0.15) is 30.3 Å². The summed E-state index contributed by atoms with van der Waals surface area (Å²) in [6.45, 7) is 2.16. The van der Waals surface area contributed by atoms with Crippen molar-refractivity contribution in [3.05, 3.63) is 78.4 Å². The van der Waals surface area contributed by atoms with Crippen LogP contribution in [0.2, 0.25) is 0 Å². The topological polar surface area (TPSA) is 98.3 Å². The van der Waals surface area contributed by atoms with Gasteiger partial charge in [-0.05, 0) is 61.5 Å². The molecule has 0 saturated carbocycles. The number of rotatable bonds is 7. The summed E-state index contributed by atoms with van der Waals surface area (Å²) < 4.78 is 10.7. The highest BCUT2D eigenvalue weighted by Crippen LogP contribution is 2.27. The van der Waals surface area contributed by atoms with Crippen LogP contribution in [-0.4, -0.2) is 41.1 Å². The third-order valence-electron chi connectivity index (χ3n) is 4.82. The van der Waals surface area contributed by atoms with Crippen molar-refractivity contribution in [2.75, 3.05) is 25.6 Å². The molecule has 2 aromatic carbocycles. The zero-order valence-electron chi connectivity index (χ0n) is 18.8. The van der Waals surface area contributed by atoms with E-state index in [1.807, 2.05) is 61.5 Å². The molecule has 0 aliphatic rings. The van der Waals surface area contributed by atoms with Crippen LogP contribution in [0.1, 0.15) is 11.3 Å².